The lowest BCUT2D eigenvalue weighted by Gasteiger charge is -2.28. The van der Waals surface area contributed by atoms with Crippen LogP contribution < -0.4 is 9.64 Å². The number of Topliss-reactive ketones (excluding diaryl/α,β-unsaturated/α-hetero) is 1. The highest BCUT2D eigenvalue weighted by Crippen LogP contribution is 2.41. The van der Waals surface area contributed by atoms with Crippen LogP contribution in [0.1, 0.15) is 32.4 Å². The lowest BCUT2D eigenvalue weighted by Crippen LogP contribution is -2.34. The van der Waals surface area contributed by atoms with E-state index in [1.807, 2.05) is 6.07 Å². The van der Waals surface area contributed by atoms with Crippen molar-refractivity contribution in [1.82, 2.24) is 0 Å². The maximum atomic E-state index is 12.9. The van der Waals surface area contributed by atoms with E-state index in [4.69, 9.17) is 9.47 Å². The lowest BCUT2D eigenvalue weighted by molar-refractivity contribution is -0.162. The van der Waals surface area contributed by atoms with E-state index in [1.54, 1.807) is 76.4 Å². The van der Waals surface area contributed by atoms with Gasteiger partial charge in [-0.15, -0.1) is 0 Å². The van der Waals surface area contributed by atoms with Crippen molar-refractivity contribution in [3.05, 3.63) is 60.2 Å². The molecule has 6 nitrogen and oxygen atoms in total. The van der Waals surface area contributed by atoms with Crippen LogP contribution >= 0.6 is 0 Å². The molecule has 0 saturated carbocycles. The number of anilines is 1. The van der Waals surface area contributed by atoms with Gasteiger partial charge in [-0.25, -0.2) is 0 Å². The van der Waals surface area contributed by atoms with Gasteiger partial charge in [0.1, 0.15) is 17.3 Å². The summed E-state index contributed by atoms with van der Waals surface area (Å²) in [4.78, 5) is 39.9. The van der Waals surface area contributed by atoms with Gasteiger partial charge in [0, 0.05) is 5.69 Å². The number of hydrogen-bond acceptors (Lipinski definition) is 5. The van der Waals surface area contributed by atoms with Crippen molar-refractivity contribution >= 4 is 23.3 Å². The molecule has 0 aromatic heterocycles. The monoisotopic (exact) mass is 381 g/mol. The summed E-state index contributed by atoms with van der Waals surface area (Å²) in [5.74, 6) is -2.79. The fourth-order valence-electron chi connectivity index (χ4n) is 3.28. The summed E-state index contributed by atoms with van der Waals surface area (Å²) in [6.07, 6.45) is 0. The molecule has 1 amide bonds. The van der Waals surface area contributed by atoms with E-state index in [0.29, 0.717) is 17.0 Å². The minimum absolute atomic E-state index is 0.513. The largest absolute Gasteiger partial charge is 0.497 e. The molecule has 2 aromatic carbocycles. The van der Waals surface area contributed by atoms with Crippen LogP contribution in [0, 0.1) is 5.92 Å². The molecule has 6 heteroatoms. The number of amides is 1. The van der Waals surface area contributed by atoms with Gasteiger partial charge in [0.25, 0.3) is 5.91 Å². The second kappa shape index (κ2) is 7.46. The van der Waals surface area contributed by atoms with Crippen molar-refractivity contribution in [2.75, 3.05) is 12.0 Å². The summed E-state index contributed by atoms with van der Waals surface area (Å²) in [5, 5.41) is 0. The van der Waals surface area contributed by atoms with Gasteiger partial charge in [0.15, 0.2) is 0 Å². The van der Waals surface area contributed by atoms with Gasteiger partial charge in [-0.1, -0.05) is 30.3 Å². The van der Waals surface area contributed by atoms with Crippen molar-refractivity contribution in [2.24, 2.45) is 5.92 Å². The summed E-state index contributed by atoms with van der Waals surface area (Å²) in [6.45, 7) is 5.18. The molecule has 0 aliphatic carbocycles. The van der Waals surface area contributed by atoms with Crippen molar-refractivity contribution in [3.8, 4) is 5.75 Å². The molecule has 1 heterocycles. The highest BCUT2D eigenvalue weighted by molar-refractivity contribution is 6.47. The minimum Gasteiger partial charge on any atom is -0.497 e. The topological polar surface area (TPSA) is 72.9 Å². The Morgan fingerprint density at radius 2 is 1.57 bits per heavy atom. The van der Waals surface area contributed by atoms with Crippen LogP contribution in [0.25, 0.3) is 0 Å². The number of nitrogens with zero attached hydrogens (tertiary/aromatic N) is 1. The van der Waals surface area contributed by atoms with Crippen molar-refractivity contribution < 1.29 is 23.9 Å². The van der Waals surface area contributed by atoms with Crippen LogP contribution in [-0.2, 0) is 19.1 Å². The third-order valence-electron chi connectivity index (χ3n) is 4.46. The molecule has 1 saturated heterocycles. The van der Waals surface area contributed by atoms with Crippen molar-refractivity contribution in [3.63, 3.8) is 0 Å². The predicted octanol–water partition coefficient (Wildman–Crippen LogP) is 3.31. The van der Waals surface area contributed by atoms with Gasteiger partial charge in [0.2, 0.25) is 5.78 Å². The first-order chi connectivity index (χ1) is 13.2. The van der Waals surface area contributed by atoms with E-state index in [1.165, 1.54) is 4.90 Å². The number of hydrogen-bond donors (Lipinski definition) is 0. The Morgan fingerprint density at radius 1 is 0.964 bits per heavy atom. The van der Waals surface area contributed by atoms with Gasteiger partial charge in [-0.3, -0.25) is 19.3 Å². The average Bonchev–Trinajstić information content (AvgIpc) is 2.92. The standard InChI is InChI=1S/C22H23NO5/c1-22(2,3)28-21(26)17-18(14-8-6-5-7-9-14)23(20(25)19(17)24)15-10-12-16(27-4)13-11-15/h5-13,17-18H,1-4H3/t17-,18+/m1/s1. The number of benzene rings is 2. The van der Waals surface area contributed by atoms with E-state index >= 15 is 0 Å². The summed E-state index contributed by atoms with van der Waals surface area (Å²) in [6, 6.07) is 15.1. The Labute approximate surface area is 164 Å². The number of ether oxygens (including phenoxy) is 2. The zero-order chi connectivity index (χ0) is 20.5. The molecule has 0 unspecified atom stereocenters. The maximum Gasteiger partial charge on any atom is 0.320 e. The van der Waals surface area contributed by atoms with Gasteiger partial charge < -0.3 is 9.47 Å². The first kappa shape index (κ1) is 19.6. The Bertz CT molecular complexity index is 883. The Hall–Kier alpha value is -3.15. The molecule has 3 rings (SSSR count). The smallest absolute Gasteiger partial charge is 0.320 e. The number of ketones is 1. The lowest BCUT2D eigenvalue weighted by atomic mass is 9.92. The van der Waals surface area contributed by atoms with Crippen LogP contribution in [0.3, 0.4) is 0 Å². The van der Waals surface area contributed by atoms with E-state index in [0.717, 1.165) is 0 Å². The Balaban J connectivity index is 2.08. The second-order valence-electron chi connectivity index (χ2n) is 7.60. The van der Waals surface area contributed by atoms with Gasteiger partial charge in [-0.2, -0.15) is 0 Å². The van der Waals surface area contributed by atoms with Crippen LogP contribution in [0.15, 0.2) is 54.6 Å². The fraction of sp³-hybridized carbons (Fsp3) is 0.318. The number of rotatable bonds is 4. The summed E-state index contributed by atoms with van der Waals surface area (Å²) in [5.41, 5.74) is 0.433. The van der Waals surface area contributed by atoms with Crippen molar-refractivity contribution in [2.45, 2.75) is 32.4 Å². The number of carbonyl (C=O) groups is 3. The molecule has 0 spiro atoms. The zero-order valence-electron chi connectivity index (χ0n) is 16.3. The average molecular weight is 381 g/mol. The molecular weight excluding hydrogens is 358 g/mol. The predicted molar refractivity (Wildman–Crippen MR) is 104 cm³/mol. The third-order valence-corrected chi connectivity index (χ3v) is 4.46. The zero-order valence-corrected chi connectivity index (χ0v) is 16.3. The molecule has 2 aromatic rings. The minimum atomic E-state index is -1.23. The van der Waals surface area contributed by atoms with E-state index < -0.39 is 35.2 Å². The van der Waals surface area contributed by atoms with Gasteiger partial charge >= 0.3 is 5.97 Å². The maximum absolute atomic E-state index is 12.9. The Kier molecular flexibility index (Phi) is 5.23. The normalized spacial score (nSPS) is 19.6. The molecule has 0 N–H and O–H groups in total. The second-order valence-corrected chi connectivity index (χ2v) is 7.60. The van der Waals surface area contributed by atoms with Crippen LogP contribution in [-0.4, -0.2) is 30.4 Å². The molecule has 1 fully saturated rings. The van der Waals surface area contributed by atoms with Crippen molar-refractivity contribution in [1.29, 1.82) is 0 Å². The Morgan fingerprint density at radius 3 is 2.11 bits per heavy atom. The molecule has 0 bridgehead atoms. The number of methoxy groups -OCH3 is 1. The molecule has 0 radical (unpaired) electrons. The quantitative estimate of drug-likeness (QED) is 0.462. The highest BCUT2D eigenvalue weighted by atomic mass is 16.6. The first-order valence-corrected chi connectivity index (χ1v) is 9.02. The van der Waals surface area contributed by atoms with Crippen LogP contribution in [0.5, 0.6) is 5.75 Å². The molecule has 1 aliphatic heterocycles. The SMILES string of the molecule is COc1ccc(N2C(=O)C(=O)[C@H](C(=O)OC(C)(C)C)[C@@H]2c2ccccc2)cc1. The summed E-state index contributed by atoms with van der Waals surface area (Å²) in [7, 11) is 1.55. The number of carbonyl (C=O) groups excluding carboxylic acids is 3. The van der Waals surface area contributed by atoms with Crippen LogP contribution in [0.4, 0.5) is 5.69 Å². The highest BCUT2D eigenvalue weighted by Gasteiger charge is 2.53. The summed E-state index contributed by atoms with van der Waals surface area (Å²) >= 11 is 0. The molecule has 146 valence electrons. The van der Waals surface area contributed by atoms with E-state index in [-0.39, 0.29) is 0 Å². The fourth-order valence-corrected chi connectivity index (χ4v) is 3.28. The molecule has 2 atom stereocenters. The van der Waals surface area contributed by atoms with E-state index in [9.17, 15) is 14.4 Å². The van der Waals surface area contributed by atoms with E-state index in [2.05, 4.69) is 0 Å². The van der Waals surface area contributed by atoms with Gasteiger partial charge in [-0.05, 0) is 50.6 Å². The molecule has 28 heavy (non-hydrogen) atoms. The third kappa shape index (κ3) is 3.76. The first-order valence-electron chi connectivity index (χ1n) is 9.02. The number of esters is 1. The summed E-state index contributed by atoms with van der Waals surface area (Å²) < 4.78 is 10.6. The van der Waals surface area contributed by atoms with Crippen LogP contribution in [0.2, 0.25) is 0 Å². The van der Waals surface area contributed by atoms with Gasteiger partial charge in [0.05, 0.1) is 13.2 Å². The molecular formula is C22H23NO5. The molecule has 1 aliphatic rings.